The van der Waals surface area contributed by atoms with Crippen molar-refractivity contribution in [1.82, 2.24) is 9.80 Å². The van der Waals surface area contributed by atoms with Gasteiger partial charge in [-0.05, 0) is 41.5 Å². The molecule has 1 unspecified atom stereocenters. The molecule has 3 amide bonds. The van der Waals surface area contributed by atoms with Crippen molar-refractivity contribution in [3.05, 3.63) is 89.7 Å². The van der Waals surface area contributed by atoms with Crippen LogP contribution in [-0.4, -0.2) is 53.2 Å². The second-order valence-electron chi connectivity index (χ2n) is 9.24. The van der Waals surface area contributed by atoms with Crippen molar-refractivity contribution in [2.24, 2.45) is 0 Å². The van der Waals surface area contributed by atoms with Crippen LogP contribution in [0.15, 0.2) is 77.4 Å². The average molecular weight is 519 g/mol. The first-order valence-corrected chi connectivity index (χ1v) is 11.9. The summed E-state index contributed by atoms with van der Waals surface area (Å²) in [5.41, 5.74) is 1.31. The zero-order valence-electron chi connectivity index (χ0n) is 19.8. The number of furan rings is 1. The fourth-order valence-corrected chi connectivity index (χ4v) is 5.00. The predicted octanol–water partition coefficient (Wildman–Crippen LogP) is 5.04. The number of piperazine rings is 1. The Bertz CT molecular complexity index is 1610. The van der Waals surface area contributed by atoms with Gasteiger partial charge in [-0.2, -0.15) is 13.2 Å². The van der Waals surface area contributed by atoms with E-state index in [0.717, 1.165) is 12.1 Å². The molecule has 0 saturated carbocycles. The van der Waals surface area contributed by atoms with E-state index in [1.165, 1.54) is 40.3 Å². The van der Waals surface area contributed by atoms with Gasteiger partial charge >= 0.3 is 6.18 Å². The molecule has 38 heavy (non-hydrogen) atoms. The minimum Gasteiger partial charge on any atom is -0.463 e. The number of para-hydroxylation sites is 1. The first-order chi connectivity index (χ1) is 18.2. The molecular weight excluding hydrogens is 499 g/mol. The number of halogens is 3. The Labute approximate surface area is 214 Å². The highest BCUT2D eigenvalue weighted by atomic mass is 19.4. The van der Waals surface area contributed by atoms with Gasteiger partial charge in [-0.15, -0.1) is 0 Å². The molecule has 4 aromatic rings. The van der Waals surface area contributed by atoms with E-state index in [0.29, 0.717) is 27.7 Å². The van der Waals surface area contributed by atoms with E-state index in [2.05, 4.69) is 5.32 Å². The summed E-state index contributed by atoms with van der Waals surface area (Å²) in [6, 6.07) is 15.6. The Balaban J connectivity index is 1.28. The molecular formula is C28H20F3N3O4. The van der Waals surface area contributed by atoms with Gasteiger partial charge in [0.25, 0.3) is 11.8 Å². The fraction of sp³-hybridized carbons (Fsp3) is 0.179. The summed E-state index contributed by atoms with van der Waals surface area (Å²) in [6.07, 6.45) is -3.11. The van der Waals surface area contributed by atoms with Crippen LogP contribution in [0, 0.1) is 0 Å². The summed E-state index contributed by atoms with van der Waals surface area (Å²) in [5.74, 6) is -1.18. The average Bonchev–Trinajstić information content (AvgIpc) is 3.32. The van der Waals surface area contributed by atoms with Gasteiger partial charge in [0, 0.05) is 18.5 Å². The van der Waals surface area contributed by atoms with Gasteiger partial charge in [0.1, 0.15) is 17.9 Å². The Morgan fingerprint density at radius 1 is 0.947 bits per heavy atom. The lowest BCUT2D eigenvalue weighted by Gasteiger charge is -2.39. The van der Waals surface area contributed by atoms with E-state index in [-0.39, 0.29) is 36.8 Å². The van der Waals surface area contributed by atoms with Gasteiger partial charge in [0.2, 0.25) is 5.91 Å². The number of carbonyl (C=O) groups is 3. The Morgan fingerprint density at radius 2 is 1.74 bits per heavy atom. The van der Waals surface area contributed by atoms with Gasteiger partial charge in [-0.25, -0.2) is 0 Å². The summed E-state index contributed by atoms with van der Waals surface area (Å²) in [4.78, 5) is 42.9. The molecule has 2 aliphatic rings. The van der Waals surface area contributed by atoms with Crippen molar-refractivity contribution in [1.29, 1.82) is 0 Å². The molecule has 1 N–H and O–H groups in total. The fourth-order valence-electron chi connectivity index (χ4n) is 5.00. The molecule has 3 heterocycles. The molecule has 1 atom stereocenters. The summed E-state index contributed by atoms with van der Waals surface area (Å²) < 4.78 is 45.1. The monoisotopic (exact) mass is 519 g/mol. The van der Waals surface area contributed by atoms with Gasteiger partial charge in [0.05, 0.1) is 28.9 Å². The summed E-state index contributed by atoms with van der Waals surface area (Å²) >= 11 is 0. The third kappa shape index (κ3) is 3.98. The van der Waals surface area contributed by atoms with Crippen molar-refractivity contribution in [3.8, 4) is 11.1 Å². The number of alkyl halides is 3. The highest BCUT2D eigenvalue weighted by Crippen LogP contribution is 2.34. The maximum atomic E-state index is 13.5. The lowest BCUT2D eigenvalue weighted by Crippen LogP contribution is -2.59. The number of nitrogens with zero attached hydrogens (tertiary/aromatic N) is 2. The number of anilines is 1. The van der Waals surface area contributed by atoms with Crippen molar-refractivity contribution in [2.45, 2.75) is 12.2 Å². The molecule has 0 spiro atoms. The SMILES string of the molecule is O=C1Nc2ccc(-c3cccc(C(F)(F)F)c3)cc2C(=O)N2CCN(C(=O)c3coc4ccccc34)CC12. The van der Waals surface area contributed by atoms with Crippen LogP contribution in [-0.2, 0) is 11.0 Å². The van der Waals surface area contributed by atoms with E-state index in [1.807, 2.05) is 0 Å². The van der Waals surface area contributed by atoms with Crippen LogP contribution >= 0.6 is 0 Å². The number of amides is 3. The molecule has 3 aromatic carbocycles. The van der Waals surface area contributed by atoms with E-state index < -0.39 is 29.6 Å². The summed E-state index contributed by atoms with van der Waals surface area (Å²) in [7, 11) is 0. The number of benzene rings is 3. The van der Waals surface area contributed by atoms with Crippen LogP contribution in [0.5, 0.6) is 0 Å². The number of nitrogens with one attached hydrogen (secondary N) is 1. The van der Waals surface area contributed by atoms with Gasteiger partial charge < -0.3 is 19.5 Å². The topological polar surface area (TPSA) is 82.9 Å². The maximum absolute atomic E-state index is 13.5. The largest absolute Gasteiger partial charge is 0.463 e. The third-order valence-corrected chi connectivity index (χ3v) is 6.97. The molecule has 6 rings (SSSR count). The number of hydrogen-bond donors (Lipinski definition) is 1. The van der Waals surface area contributed by atoms with Crippen molar-refractivity contribution < 1.29 is 32.0 Å². The molecule has 192 valence electrons. The molecule has 10 heteroatoms. The lowest BCUT2D eigenvalue weighted by atomic mass is 9.99. The first kappa shape index (κ1) is 23.8. The van der Waals surface area contributed by atoms with Gasteiger partial charge in [0.15, 0.2) is 0 Å². The molecule has 0 radical (unpaired) electrons. The number of rotatable bonds is 2. The van der Waals surface area contributed by atoms with Crippen LogP contribution in [0.4, 0.5) is 18.9 Å². The van der Waals surface area contributed by atoms with Crippen molar-refractivity contribution in [3.63, 3.8) is 0 Å². The molecule has 1 aromatic heterocycles. The van der Waals surface area contributed by atoms with Crippen molar-refractivity contribution in [2.75, 3.05) is 25.0 Å². The predicted molar refractivity (Wildman–Crippen MR) is 132 cm³/mol. The van der Waals surface area contributed by atoms with Crippen LogP contribution < -0.4 is 5.32 Å². The summed E-state index contributed by atoms with van der Waals surface area (Å²) in [5, 5.41) is 3.42. The van der Waals surface area contributed by atoms with Crippen LogP contribution in [0.25, 0.3) is 22.1 Å². The third-order valence-electron chi connectivity index (χ3n) is 6.97. The standard InChI is InChI=1S/C28H20F3N3O4/c29-28(30,31)18-5-3-4-16(12-18)17-8-9-22-20(13-17)27(37)34-11-10-33(14-23(34)25(35)32-22)26(36)21-15-38-24-7-2-1-6-19(21)24/h1-9,12-13,15,23H,10-11,14H2,(H,32,35). The van der Waals surface area contributed by atoms with E-state index in [1.54, 1.807) is 30.3 Å². The highest BCUT2D eigenvalue weighted by Gasteiger charge is 2.41. The normalized spacial score (nSPS) is 17.6. The Morgan fingerprint density at radius 3 is 2.55 bits per heavy atom. The van der Waals surface area contributed by atoms with Crippen LogP contribution in [0.1, 0.15) is 26.3 Å². The van der Waals surface area contributed by atoms with Gasteiger partial charge in [-0.3, -0.25) is 14.4 Å². The van der Waals surface area contributed by atoms with E-state index >= 15 is 0 Å². The smallest absolute Gasteiger partial charge is 0.416 e. The molecule has 2 aliphatic heterocycles. The second kappa shape index (κ2) is 8.76. The minimum absolute atomic E-state index is 0.00954. The number of carbonyl (C=O) groups excluding carboxylic acids is 3. The number of hydrogen-bond acceptors (Lipinski definition) is 4. The maximum Gasteiger partial charge on any atom is 0.416 e. The lowest BCUT2D eigenvalue weighted by molar-refractivity contribution is -0.137. The quantitative estimate of drug-likeness (QED) is 0.403. The Kier molecular flexibility index (Phi) is 5.48. The highest BCUT2D eigenvalue weighted by molar-refractivity contribution is 6.11. The second-order valence-corrected chi connectivity index (χ2v) is 9.24. The molecule has 0 bridgehead atoms. The molecule has 1 saturated heterocycles. The van der Waals surface area contributed by atoms with Crippen molar-refractivity contribution >= 4 is 34.4 Å². The molecule has 7 nitrogen and oxygen atoms in total. The zero-order valence-corrected chi connectivity index (χ0v) is 19.8. The van der Waals surface area contributed by atoms with Crippen LogP contribution in [0.3, 0.4) is 0 Å². The Hall–Kier alpha value is -4.60. The number of fused-ring (bicyclic) bond motifs is 3. The van der Waals surface area contributed by atoms with Crippen LogP contribution in [0.2, 0.25) is 0 Å². The van der Waals surface area contributed by atoms with E-state index in [9.17, 15) is 27.6 Å². The molecule has 1 fully saturated rings. The molecule has 0 aliphatic carbocycles. The van der Waals surface area contributed by atoms with Gasteiger partial charge in [-0.1, -0.05) is 36.4 Å². The minimum atomic E-state index is -4.50. The summed E-state index contributed by atoms with van der Waals surface area (Å²) in [6.45, 7) is 0.312. The van der Waals surface area contributed by atoms with E-state index in [4.69, 9.17) is 4.42 Å². The first-order valence-electron chi connectivity index (χ1n) is 11.9. The zero-order chi connectivity index (χ0) is 26.6.